The Bertz CT molecular complexity index is 1140. The van der Waals surface area contributed by atoms with Crippen LogP contribution in [0.4, 0.5) is 17.2 Å². The van der Waals surface area contributed by atoms with Crippen molar-refractivity contribution in [2.45, 2.75) is 9.79 Å². The van der Waals surface area contributed by atoms with Gasteiger partial charge in [-0.15, -0.1) is 3.71 Å². The molecule has 0 saturated carbocycles. The van der Waals surface area contributed by atoms with Crippen LogP contribution in [0.5, 0.6) is 0 Å². The van der Waals surface area contributed by atoms with Gasteiger partial charge in [-0.25, -0.2) is 9.97 Å². The van der Waals surface area contributed by atoms with Gasteiger partial charge in [0, 0.05) is 23.8 Å². The summed E-state index contributed by atoms with van der Waals surface area (Å²) in [4.78, 5) is 6.92. The first kappa shape index (κ1) is 19.9. The number of nitrogen functional groups attached to an aromatic ring is 2. The van der Waals surface area contributed by atoms with Crippen LogP contribution in [0, 0.1) is 0 Å². The van der Waals surface area contributed by atoms with E-state index in [1.807, 2.05) is 0 Å². The number of aromatic nitrogens is 2. The van der Waals surface area contributed by atoms with Gasteiger partial charge in [0.15, 0.2) is 11.0 Å². The summed E-state index contributed by atoms with van der Waals surface area (Å²) < 4.78 is 53.1. The summed E-state index contributed by atoms with van der Waals surface area (Å²) in [6, 6.07) is 10.1. The number of nitrogens with zero attached hydrogens (tertiary/aromatic N) is 3. The SMILES string of the molecule is Nc1ccc(S(=O)(=O)N(c2nccnc2Cl)S(=O)(=O)c2ccc(N)cc2)cc1. The second kappa shape index (κ2) is 7.26. The Morgan fingerprint density at radius 1 is 0.714 bits per heavy atom. The van der Waals surface area contributed by atoms with E-state index in [-0.39, 0.29) is 13.5 Å². The Kier molecular flexibility index (Phi) is 5.15. The molecule has 3 rings (SSSR count). The van der Waals surface area contributed by atoms with Crippen LogP contribution in [0.3, 0.4) is 0 Å². The Balaban J connectivity index is 2.28. The standard InChI is InChI=1S/C16H14ClN5O4S2/c17-15-16(21-10-9-20-15)22(27(23,24)13-5-1-11(18)2-6-13)28(25,26)14-7-3-12(19)4-8-14/h1-10H,18-19H2. The van der Waals surface area contributed by atoms with Crippen LogP contribution >= 0.6 is 11.6 Å². The number of benzene rings is 2. The molecular weight excluding hydrogens is 426 g/mol. The number of nitrogens with two attached hydrogens (primary N) is 2. The topological polar surface area (TPSA) is 149 Å². The summed E-state index contributed by atoms with van der Waals surface area (Å²) >= 11 is 5.97. The van der Waals surface area contributed by atoms with Crippen LogP contribution in [0.25, 0.3) is 0 Å². The maximum atomic E-state index is 13.2. The van der Waals surface area contributed by atoms with Gasteiger partial charge in [0.25, 0.3) is 20.0 Å². The van der Waals surface area contributed by atoms with Crippen LogP contribution in [0.1, 0.15) is 0 Å². The van der Waals surface area contributed by atoms with Gasteiger partial charge in [-0.3, -0.25) is 0 Å². The lowest BCUT2D eigenvalue weighted by atomic mass is 10.3. The minimum absolute atomic E-state index is 0.145. The molecule has 12 heteroatoms. The van der Waals surface area contributed by atoms with Crippen molar-refractivity contribution >= 4 is 48.8 Å². The third-order valence-electron chi connectivity index (χ3n) is 3.60. The number of hydrogen-bond donors (Lipinski definition) is 2. The molecule has 0 radical (unpaired) electrons. The minimum Gasteiger partial charge on any atom is -0.399 e. The van der Waals surface area contributed by atoms with Crippen molar-refractivity contribution in [2.24, 2.45) is 0 Å². The van der Waals surface area contributed by atoms with E-state index >= 15 is 0 Å². The van der Waals surface area contributed by atoms with E-state index in [4.69, 9.17) is 23.1 Å². The molecule has 0 unspecified atom stereocenters. The molecule has 0 amide bonds. The van der Waals surface area contributed by atoms with Crippen molar-refractivity contribution in [3.8, 4) is 0 Å². The predicted octanol–water partition coefficient (Wildman–Crippen LogP) is 1.88. The minimum atomic E-state index is -4.64. The molecule has 28 heavy (non-hydrogen) atoms. The molecule has 0 aliphatic carbocycles. The number of anilines is 3. The smallest absolute Gasteiger partial charge is 0.279 e. The third-order valence-corrected chi connectivity index (χ3v) is 8.00. The van der Waals surface area contributed by atoms with Crippen molar-refractivity contribution in [3.63, 3.8) is 0 Å². The molecule has 146 valence electrons. The fourth-order valence-corrected chi connectivity index (χ4v) is 6.17. The highest BCUT2D eigenvalue weighted by Crippen LogP contribution is 2.33. The molecule has 0 fully saturated rings. The number of hydrogen-bond acceptors (Lipinski definition) is 8. The fraction of sp³-hybridized carbons (Fsp3) is 0. The van der Waals surface area contributed by atoms with E-state index in [1.165, 1.54) is 54.7 Å². The summed E-state index contributed by atoms with van der Waals surface area (Å²) in [6.45, 7) is 0. The first-order valence-corrected chi connectivity index (χ1v) is 10.9. The molecule has 0 spiro atoms. The summed E-state index contributed by atoms with van der Waals surface area (Å²) in [6.07, 6.45) is 2.33. The van der Waals surface area contributed by atoms with Crippen molar-refractivity contribution in [1.29, 1.82) is 0 Å². The van der Waals surface area contributed by atoms with Gasteiger partial charge in [0.2, 0.25) is 0 Å². The van der Waals surface area contributed by atoms with Crippen molar-refractivity contribution in [2.75, 3.05) is 15.2 Å². The van der Waals surface area contributed by atoms with Gasteiger partial charge in [-0.05, 0) is 48.5 Å². The predicted molar refractivity (Wildman–Crippen MR) is 106 cm³/mol. The second-order valence-corrected chi connectivity index (χ2v) is 9.68. The lowest BCUT2D eigenvalue weighted by Gasteiger charge is -2.23. The van der Waals surface area contributed by atoms with Crippen molar-refractivity contribution in [3.05, 3.63) is 66.1 Å². The lowest BCUT2D eigenvalue weighted by Crippen LogP contribution is -2.38. The van der Waals surface area contributed by atoms with Gasteiger partial charge in [0.05, 0.1) is 9.79 Å². The van der Waals surface area contributed by atoms with E-state index in [1.54, 1.807) is 0 Å². The molecule has 0 atom stereocenters. The summed E-state index contributed by atoms with van der Waals surface area (Å²) in [5.41, 5.74) is 11.8. The Morgan fingerprint density at radius 2 is 1.11 bits per heavy atom. The molecular formula is C16H14ClN5O4S2. The molecule has 0 bridgehead atoms. The summed E-state index contributed by atoms with van der Waals surface area (Å²) in [5.74, 6) is -0.558. The Morgan fingerprint density at radius 3 is 1.50 bits per heavy atom. The van der Waals surface area contributed by atoms with Crippen LogP contribution in [-0.2, 0) is 20.0 Å². The highest BCUT2D eigenvalue weighted by atomic mass is 35.5. The molecule has 2 aromatic carbocycles. The van der Waals surface area contributed by atoms with E-state index in [9.17, 15) is 16.8 Å². The molecule has 0 saturated heterocycles. The highest BCUT2D eigenvalue weighted by molar-refractivity contribution is 8.10. The number of sulfonamides is 2. The molecule has 0 aliphatic heterocycles. The average Bonchev–Trinajstić information content (AvgIpc) is 2.64. The van der Waals surface area contributed by atoms with Crippen molar-refractivity contribution < 1.29 is 16.8 Å². The van der Waals surface area contributed by atoms with E-state index < -0.39 is 31.0 Å². The highest BCUT2D eigenvalue weighted by Gasteiger charge is 2.39. The van der Waals surface area contributed by atoms with Gasteiger partial charge < -0.3 is 11.5 Å². The summed E-state index contributed by atoms with van der Waals surface area (Å²) in [5, 5.41) is -0.402. The van der Waals surface area contributed by atoms with Gasteiger partial charge in [0.1, 0.15) is 0 Å². The molecule has 1 aromatic heterocycles. The third kappa shape index (κ3) is 3.59. The molecule has 0 aliphatic rings. The normalized spacial score (nSPS) is 11.9. The van der Waals surface area contributed by atoms with Crippen LogP contribution in [0.2, 0.25) is 5.15 Å². The van der Waals surface area contributed by atoms with Crippen molar-refractivity contribution in [1.82, 2.24) is 9.97 Å². The average molecular weight is 440 g/mol. The van der Waals surface area contributed by atoms with Crippen LogP contribution < -0.4 is 15.2 Å². The largest absolute Gasteiger partial charge is 0.399 e. The number of halogens is 1. The maximum Gasteiger partial charge on any atom is 0.279 e. The zero-order valence-corrected chi connectivity index (χ0v) is 16.5. The Labute approximate surface area is 166 Å². The Hall–Kier alpha value is -2.89. The molecule has 4 N–H and O–H groups in total. The van der Waals surface area contributed by atoms with E-state index in [2.05, 4.69) is 9.97 Å². The van der Waals surface area contributed by atoms with Crippen LogP contribution in [-0.4, -0.2) is 26.8 Å². The van der Waals surface area contributed by atoms with Gasteiger partial charge >= 0.3 is 0 Å². The van der Waals surface area contributed by atoms with Gasteiger partial charge in [-0.1, -0.05) is 11.6 Å². The van der Waals surface area contributed by atoms with E-state index in [0.717, 1.165) is 6.20 Å². The number of rotatable bonds is 5. The van der Waals surface area contributed by atoms with Gasteiger partial charge in [-0.2, -0.15) is 16.8 Å². The van der Waals surface area contributed by atoms with E-state index in [0.29, 0.717) is 11.4 Å². The lowest BCUT2D eigenvalue weighted by molar-refractivity contribution is 0.583. The zero-order chi connectivity index (χ0) is 20.5. The quantitative estimate of drug-likeness (QED) is 0.572. The monoisotopic (exact) mass is 439 g/mol. The maximum absolute atomic E-state index is 13.2. The second-order valence-electron chi connectivity index (χ2n) is 5.52. The molecule has 1 heterocycles. The van der Waals surface area contributed by atoms with Crippen LogP contribution in [0.15, 0.2) is 70.7 Å². The zero-order valence-electron chi connectivity index (χ0n) is 14.1. The molecule has 3 aromatic rings. The fourth-order valence-electron chi connectivity index (χ4n) is 2.26. The summed E-state index contributed by atoms with van der Waals surface area (Å²) in [7, 11) is -9.28. The first-order valence-electron chi connectivity index (χ1n) is 7.62. The first-order chi connectivity index (χ1) is 13.1. The molecule has 9 nitrogen and oxygen atoms in total.